The lowest BCUT2D eigenvalue weighted by Gasteiger charge is -2.14. The Morgan fingerprint density at radius 1 is 1.14 bits per heavy atom. The molecule has 0 radical (unpaired) electrons. The van der Waals surface area contributed by atoms with Crippen LogP contribution in [0.5, 0.6) is 5.75 Å². The average Bonchev–Trinajstić information content (AvgIpc) is 2.22. The molecular formula is C10H13FO3. The normalized spacial score (nSPS) is 10.6. The molecule has 0 saturated carbocycles. The van der Waals surface area contributed by atoms with Crippen molar-refractivity contribution in [2.75, 3.05) is 20.8 Å². The third-order valence-corrected chi connectivity index (χ3v) is 1.73. The van der Waals surface area contributed by atoms with Crippen LogP contribution >= 0.6 is 0 Å². The maximum atomic E-state index is 12.5. The van der Waals surface area contributed by atoms with Crippen molar-refractivity contribution in [3.05, 3.63) is 30.1 Å². The second kappa shape index (κ2) is 5.57. The SMILES string of the molecule is COC(COc1ccc(F)cc1)OC. The fourth-order valence-electron chi connectivity index (χ4n) is 0.927. The van der Waals surface area contributed by atoms with E-state index in [1.54, 1.807) is 12.1 Å². The van der Waals surface area contributed by atoms with Gasteiger partial charge in [0.25, 0.3) is 0 Å². The minimum Gasteiger partial charge on any atom is -0.488 e. The van der Waals surface area contributed by atoms with Gasteiger partial charge in [-0.2, -0.15) is 0 Å². The lowest BCUT2D eigenvalue weighted by molar-refractivity contribution is -0.121. The highest BCUT2D eigenvalue weighted by molar-refractivity contribution is 5.21. The van der Waals surface area contributed by atoms with Crippen molar-refractivity contribution >= 4 is 0 Å². The zero-order chi connectivity index (χ0) is 10.4. The molecule has 14 heavy (non-hydrogen) atoms. The number of methoxy groups -OCH3 is 2. The zero-order valence-corrected chi connectivity index (χ0v) is 8.20. The topological polar surface area (TPSA) is 27.7 Å². The van der Waals surface area contributed by atoms with Gasteiger partial charge >= 0.3 is 0 Å². The van der Waals surface area contributed by atoms with E-state index in [9.17, 15) is 4.39 Å². The summed E-state index contributed by atoms with van der Waals surface area (Å²) in [7, 11) is 3.06. The molecular weight excluding hydrogens is 187 g/mol. The molecule has 0 amide bonds. The number of hydrogen-bond acceptors (Lipinski definition) is 3. The molecule has 0 N–H and O–H groups in total. The van der Waals surface area contributed by atoms with Gasteiger partial charge in [0, 0.05) is 14.2 Å². The zero-order valence-electron chi connectivity index (χ0n) is 8.20. The van der Waals surface area contributed by atoms with Crippen LogP contribution in [0.25, 0.3) is 0 Å². The van der Waals surface area contributed by atoms with Gasteiger partial charge in [0.15, 0.2) is 6.29 Å². The van der Waals surface area contributed by atoms with Gasteiger partial charge in [-0.25, -0.2) is 4.39 Å². The van der Waals surface area contributed by atoms with E-state index in [1.165, 1.54) is 26.4 Å². The van der Waals surface area contributed by atoms with Crippen LogP contribution in [-0.4, -0.2) is 27.1 Å². The fraction of sp³-hybridized carbons (Fsp3) is 0.400. The lowest BCUT2D eigenvalue weighted by Crippen LogP contribution is -2.21. The maximum Gasteiger partial charge on any atom is 0.191 e. The van der Waals surface area contributed by atoms with Crippen LogP contribution in [0.4, 0.5) is 4.39 Å². The molecule has 0 aliphatic rings. The summed E-state index contributed by atoms with van der Waals surface area (Å²) in [6, 6.07) is 5.78. The molecule has 0 unspecified atom stereocenters. The quantitative estimate of drug-likeness (QED) is 0.678. The highest BCUT2D eigenvalue weighted by Gasteiger charge is 2.05. The molecule has 0 aromatic heterocycles. The standard InChI is InChI=1S/C10H13FO3/c1-12-10(13-2)7-14-9-5-3-8(11)4-6-9/h3-6,10H,7H2,1-2H3. The molecule has 3 nitrogen and oxygen atoms in total. The van der Waals surface area contributed by atoms with E-state index in [0.29, 0.717) is 5.75 Å². The number of benzene rings is 1. The first kappa shape index (κ1) is 10.9. The first-order valence-electron chi connectivity index (χ1n) is 4.20. The Morgan fingerprint density at radius 3 is 2.21 bits per heavy atom. The molecule has 0 aliphatic heterocycles. The van der Waals surface area contributed by atoms with Crippen molar-refractivity contribution in [1.82, 2.24) is 0 Å². The first-order chi connectivity index (χ1) is 6.76. The van der Waals surface area contributed by atoms with Gasteiger partial charge < -0.3 is 14.2 Å². The van der Waals surface area contributed by atoms with E-state index in [0.717, 1.165) is 0 Å². The van der Waals surface area contributed by atoms with Gasteiger partial charge in [0.2, 0.25) is 0 Å². The Hall–Kier alpha value is -1.13. The van der Waals surface area contributed by atoms with Crippen molar-refractivity contribution in [2.24, 2.45) is 0 Å². The lowest BCUT2D eigenvalue weighted by atomic mass is 10.3. The van der Waals surface area contributed by atoms with Gasteiger partial charge in [0.05, 0.1) is 0 Å². The summed E-state index contributed by atoms with van der Waals surface area (Å²) in [5.41, 5.74) is 0. The maximum absolute atomic E-state index is 12.5. The molecule has 0 atom stereocenters. The van der Waals surface area contributed by atoms with Crippen molar-refractivity contribution < 1.29 is 18.6 Å². The summed E-state index contributed by atoms with van der Waals surface area (Å²) in [6.07, 6.45) is -0.403. The van der Waals surface area contributed by atoms with E-state index in [1.807, 2.05) is 0 Å². The summed E-state index contributed by atoms with van der Waals surface area (Å²) in [4.78, 5) is 0. The summed E-state index contributed by atoms with van der Waals surface area (Å²) in [6.45, 7) is 0.276. The average molecular weight is 200 g/mol. The number of halogens is 1. The van der Waals surface area contributed by atoms with E-state index >= 15 is 0 Å². The minimum absolute atomic E-state index is 0.276. The predicted molar refractivity (Wildman–Crippen MR) is 49.7 cm³/mol. The van der Waals surface area contributed by atoms with Crippen molar-refractivity contribution in [2.45, 2.75) is 6.29 Å². The third kappa shape index (κ3) is 3.32. The highest BCUT2D eigenvalue weighted by atomic mass is 19.1. The summed E-state index contributed by atoms with van der Waals surface area (Å²) in [5, 5.41) is 0. The largest absolute Gasteiger partial charge is 0.488 e. The number of rotatable bonds is 5. The summed E-state index contributed by atoms with van der Waals surface area (Å²) >= 11 is 0. The van der Waals surface area contributed by atoms with Gasteiger partial charge in [-0.15, -0.1) is 0 Å². The predicted octanol–water partition coefficient (Wildman–Crippen LogP) is 1.82. The van der Waals surface area contributed by atoms with Crippen LogP contribution < -0.4 is 4.74 Å². The van der Waals surface area contributed by atoms with Gasteiger partial charge in [-0.3, -0.25) is 0 Å². The second-order valence-electron chi connectivity index (χ2n) is 2.67. The smallest absolute Gasteiger partial charge is 0.191 e. The van der Waals surface area contributed by atoms with Crippen LogP contribution in [0.3, 0.4) is 0 Å². The molecule has 4 heteroatoms. The Bertz CT molecular complexity index is 257. The Balaban J connectivity index is 2.41. The molecule has 0 bridgehead atoms. The van der Waals surface area contributed by atoms with Crippen molar-refractivity contribution in [1.29, 1.82) is 0 Å². The number of ether oxygens (including phenoxy) is 3. The molecule has 1 aromatic carbocycles. The second-order valence-corrected chi connectivity index (χ2v) is 2.67. The molecule has 1 rings (SSSR count). The summed E-state index contributed by atoms with van der Waals surface area (Å²) < 4.78 is 27.6. The van der Waals surface area contributed by atoms with Gasteiger partial charge in [0.1, 0.15) is 18.2 Å². The van der Waals surface area contributed by atoms with Crippen LogP contribution in [-0.2, 0) is 9.47 Å². The van der Waals surface area contributed by atoms with Crippen LogP contribution in [0, 0.1) is 5.82 Å². The van der Waals surface area contributed by atoms with Crippen molar-refractivity contribution in [3.8, 4) is 5.75 Å². The van der Waals surface area contributed by atoms with E-state index in [-0.39, 0.29) is 12.4 Å². The van der Waals surface area contributed by atoms with E-state index in [2.05, 4.69) is 0 Å². The van der Waals surface area contributed by atoms with E-state index in [4.69, 9.17) is 14.2 Å². The molecule has 0 aliphatic carbocycles. The fourth-order valence-corrected chi connectivity index (χ4v) is 0.927. The van der Waals surface area contributed by atoms with Gasteiger partial charge in [-0.05, 0) is 24.3 Å². The molecule has 0 spiro atoms. The molecule has 1 aromatic rings. The summed E-state index contributed by atoms with van der Waals surface area (Å²) in [5.74, 6) is 0.304. The van der Waals surface area contributed by atoms with E-state index < -0.39 is 6.29 Å². The monoisotopic (exact) mass is 200 g/mol. The first-order valence-corrected chi connectivity index (χ1v) is 4.20. The third-order valence-electron chi connectivity index (χ3n) is 1.73. The van der Waals surface area contributed by atoms with Gasteiger partial charge in [-0.1, -0.05) is 0 Å². The molecule has 0 saturated heterocycles. The Labute approximate surface area is 82.4 Å². The van der Waals surface area contributed by atoms with Crippen LogP contribution in [0.15, 0.2) is 24.3 Å². The van der Waals surface area contributed by atoms with Crippen molar-refractivity contribution in [3.63, 3.8) is 0 Å². The Kier molecular flexibility index (Phi) is 4.35. The van der Waals surface area contributed by atoms with Crippen LogP contribution in [0.1, 0.15) is 0 Å². The highest BCUT2D eigenvalue weighted by Crippen LogP contribution is 2.11. The Morgan fingerprint density at radius 2 is 1.71 bits per heavy atom. The molecule has 0 fully saturated rings. The molecule has 0 heterocycles. The molecule has 78 valence electrons. The van der Waals surface area contributed by atoms with Crippen LogP contribution in [0.2, 0.25) is 0 Å². The minimum atomic E-state index is -0.403. The number of hydrogen-bond donors (Lipinski definition) is 0.